The largest absolute Gasteiger partial charge is 0.341 e. The monoisotopic (exact) mass is 386 g/mol. The van der Waals surface area contributed by atoms with E-state index in [1.165, 1.54) is 11.8 Å². The number of hydrogen-bond donors (Lipinski definition) is 0. The number of carbonyl (C=O) groups is 1. The Balaban J connectivity index is 1.67. The summed E-state index contributed by atoms with van der Waals surface area (Å²) in [6, 6.07) is 3.62. The first kappa shape index (κ1) is 16.6. The maximum absolute atomic E-state index is 12.2. The standard InChI is InChI=1S/C14H12Cl2N4OS2/c1-19(5-9-2-3-22-7-9)12(21)8-23-14-18-17-13-11(16)4-10(15)6-20(13)14/h2-4,6-7H,5,8H2,1H3. The Bertz CT molecular complexity index is 835. The van der Waals surface area contributed by atoms with Crippen LogP contribution in [0, 0.1) is 0 Å². The number of aromatic nitrogens is 3. The Morgan fingerprint density at radius 3 is 3.00 bits per heavy atom. The van der Waals surface area contributed by atoms with Crippen LogP contribution in [0.1, 0.15) is 5.56 Å². The summed E-state index contributed by atoms with van der Waals surface area (Å²) in [7, 11) is 1.79. The number of nitrogens with zero attached hydrogens (tertiary/aromatic N) is 4. The van der Waals surface area contributed by atoms with Crippen LogP contribution in [0.4, 0.5) is 0 Å². The third-order valence-corrected chi connectivity index (χ3v) is 5.29. The molecule has 0 radical (unpaired) electrons. The van der Waals surface area contributed by atoms with Gasteiger partial charge in [0.1, 0.15) is 0 Å². The number of fused-ring (bicyclic) bond motifs is 1. The van der Waals surface area contributed by atoms with Gasteiger partial charge >= 0.3 is 0 Å². The third-order valence-electron chi connectivity index (χ3n) is 3.15. The lowest BCUT2D eigenvalue weighted by atomic mass is 10.3. The van der Waals surface area contributed by atoms with Crippen LogP contribution in [0.25, 0.3) is 5.65 Å². The molecule has 0 aliphatic carbocycles. The highest BCUT2D eigenvalue weighted by molar-refractivity contribution is 7.99. The molecule has 0 saturated carbocycles. The Kier molecular flexibility index (Phi) is 5.11. The lowest BCUT2D eigenvalue weighted by molar-refractivity contribution is -0.127. The van der Waals surface area contributed by atoms with E-state index in [0.717, 1.165) is 5.56 Å². The first-order valence-corrected chi connectivity index (χ1v) is 9.30. The minimum absolute atomic E-state index is 0.0195. The van der Waals surface area contributed by atoms with Gasteiger partial charge in [0, 0.05) is 19.8 Å². The van der Waals surface area contributed by atoms with Gasteiger partial charge in [-0.3, -0.25) is 9.20 Å². The van der Waals surface area contributed by atoms with Crippen LogP contribution in [0.2, 0.25) is 10.0 Å². The average molecular weight is 387 g/mol. The molecule has 0 aliphatic rings. The van der Waals surface area contributed by atoms with Gasteiger partial charge in [0.2, 0.25) is 5.91 Å². The van der Waals surface area contributed by atoms with Crippen molar-refractivity contribution in [3.63, 3.8) is 0 Å². The second-order valence-corrected chi connectivity index (χ2v) is 7.42. The fourth-order valence-electron chi connectivity index (χ4n) is 1.98. The van der Waals surface area contributed by atoms with Crippen LogP contribution in [0.3, 0.4) is 0 Å². The minimum atomic E-state index is 0.0195. The zero-order chi connectivity index (χ0) is 16.4. The summed E-state index contributed by atoms with van der Waals surface area (Å²) in [4.78, 5) is 13.9. The smallest absolute Gasteiger partial charge is 0.233 e. The zero-order valence-corrected chi connectivity index (χ0v) is 15.2. The van der Waals surface area contributed by atoms with Crippen LogP contribution in [0.5, 0.6) is 0 Å². The summed E-state index contributed by atoms with van der Waals surface area (Å²) in [6.45, 7) is 0.598. The van der Waals surface area contributed by atoms with Crippen LogP contribution in [0.15, 0.2) is 34.2 Å². The average Bonchev–Trinajstić information content (AvgIpc) is 3.14. The number of amides is 1. The van der Waals surface area contributed by atoms with Crippen LogP contribution in [-0.4, -0.2) is 38.2 Å². The molecule has 1 amide bonds. The maximum Gasteiger partial charge on any atom is 0.233 e. The molecule has 0 aromatic carbocycles. The number of hydrogen-bond acceptors (Lipinski definition) is 5. The second-order valence-electron chi connectivity index (χ2n) is 4.85. The molecule has 3 aromatic rings. The molecule has 0 bridgehead atoms. The quantitative estimate of drug-likeness (QED) is 0.624. The molecule has 3 heterocycles. The van der Waals surface area contributed by atoms with E-state index in [0.29, 0.717) is 27.4 Å². The first-order valence-electron chi connectivity index (χ1n) is 6.62. The normalized spacial score (nSPS) is 11.1. The third kappa shape index (κ3) is 3.80. The van der Waals surface area contributed by atoms with Crippen LogP contribution < -0.4 is 0 Å². The number of thiophene rings is 1. The second kappa shape index (κ2) is 7.09. The zero-order valence-electron chi connectivity index (χ0n) is 12.1. The molecule has 0 N–H and O–H groups in total. The van der Waals surface area contributed by atoms with E-state index in [-0.39, 0.29) is 11.7 Å². The molecule has 5 nitrogen and oxygen atoms in total. The molecule has 0 unspecified atom stereocenters. The molecule has 0 fully saturated rings. The molecule has 3 aromatic heterocycles. The lowest BCUT2D eigenvalue weighted by Crippen LogP contribution is -2.27. The minimum Gasteiger partial charge on any atom is -0.341 e. The number of pyridine rings is 1. The SMILES string of the molecule is CN(Cc1ccsc1)C(=O)CSc1nnc2c(Cl)cc(Cl)cn12. The Hall–Kier alpha value is -1.28. The summed E-state index contributed by atoms with van der Waals surface area (Å²) >= 11 is 15.0. The van der Waals surface area contributed by atoms with Gasteiger partial charge in [0.15, 0.2) is 10.8 Å². The number of thioether (sulfide) groups is 1. The summed E-state index contributed by atoms with van der Waals surface area (Å²) in [5, 5.41) is 13.6. The highest BCUT2D eigenvalue weighted by Crippen LogP contribution is 2.25. The van der Waals surface area contributed by atoms with E-state index in [1.54, 1.807) is 39.9 Å². The van der Waals surface area contributed by atoms with Gasteiger partial charge in [0.25, 0.3) is 0 Å². The number of halogens is 2. The number of rotatable bonds is 5. The van der Waals surface area contributed by atoms with Crippen LogP contribution >= 0.6 is 46.3 Å². The molecule has 120 valence electrons. The highest BCUT2D eigenvalue weighted by Gasteiger charge is 2.14. The van der Waals surface area contributed by atoms with Crippen molar-refractivity contribution in [2.75, 3.05) is 12.8 Å². The van der Waals surface area contributed by atoms with E-state index in [1.807, 2.05) is 16.8 Å². The molecular formula is C14H12Cl2N4OS2. The molecule has 23 heavy (non-hydrogen) atoms. The van der Waals surface area contributed by atoms with Gasteiger partial charge in [-0.25, -0.2) is 0 Å². The topological polar surface area (TPSA) is 50.5 Å². The predicted octanol–water partition coefficient (Wildman–Crippen LogP) is 3.85. The lowest BCUT2D eigenvalue weighted by Gasteiger charge is -2.15. The van der Waals surface area contributed by atoms with Crippen LogP contribution in [-0.2, 0) is 11.3 Å². The fourth-order valence-corrected chi connectivity index (χ4v) is 4.00. The summed E-state index contributed by atoms with van der Waals surface area (Å²) in [6.07, 6.45) is 1.69. The van der Waals surface area contributed by atoms with Gasteiger partial charge in [-0.05, 0) is 28.5 Å². The summed E-state index contributed by atoms with van der Waals surface area (Å²) < 4.78 is 1.70. The molecule has 3 rings (SSSR count). The van der Waals surface area contributed by atoms with Crippen molar-refractivity contribution in [2.24, 2.45) is 0 Å². The van der Waals surface area contributed by atoms with Crippen molar-refractivity contribution in [3.8, 4) is 0 Å². The predicted molar refractivity (Wildman–Crippen MR) is 94.5 cm³/mol. The number of carbonyl (C=O) groups excluding carboxylic acids is 1. The van der Waals surface area contributed by atoms with Gasteiger partial charge in [-0.15, -0.1) is 10.2 Å². The van der Waals surface area contributed by atoms with Crippen molar-refractivity contribution >= 4 is 57.9 Å². The maximum atomic E-state index is 12.2. The molecule has 9 heteroatoms. The van der Waals surface area contributed by atoms with Crippen molar-refractivity contribution in [1.82, 2.24) is 19.5 Å². The van der Waals surface area contributed by atoms with E-state index in [2.05, 4.69) is 10.2 Å². The fraction of sp³-hybridized carbons (Fsp3) is 0.214. The van der Waals surface area contributed by atoms with E-state index >= 15 is 0 Å². The van der Waals surface area contributed by atoms with Crippen molar-refractivity contribution in [2.45, 2.75) is 11.7 Å². The Morgan fingerprint density at radius 2 is 2.26 bits per heavy atom. The molecular weight excluding hydrogens is 375 g/mol. The van der Waals surface area contributed by atoms with E-state index < -0.39 is 0 Å². The molecule has 0 atom stereocenters. The van der Waals surface area contributed by atoms with Crippen molar-refractivity contribution in [1.29, 1.82) is 0 Å². The van der Waals surface area contributed by atoms with E-state index in [4.69, 9.17) is 23.2 Å². The van der Waals surface area contributed by atoms with Gasteiger partial charge in [0.05, 0.1) is 15.8 Å². The molecule has 0 saturated heterocycles. The van der Waals surface area contributed by atoms with Gasteiger partial charge in [-0.1, -0.05) is 35.0 Å². The van der Waals surface area contributed by atoms with Crippen molar-refractivity contribution < 1.29 is 4.79 Å². The van der Waals surface area contributed by atoms with Gasteiger partial charge in [-0.2, -0.15) is 11.3 Å². The molecule has 0 spiro atoms. The Labute approximate surface area is 151 Å². The molecule has 0 aliphatic heterocycles. The first-order chi connectivity index (χ1) is 11.0. The van der Waals surface area contributed by atoms with E-state index in [9.17, 15) is 4.79 Å². The highest BCUT2D eigenvalue weighted by atomic mass is 35.5. The van der Waals surface area contributed by atoms with Crippen molar-refractivity contribution in [3.05, 3.63) is 44.7 Å². The summed E-state index contributed by atoms with van der Waals surface area (Å²) in [5.74, 6) is 0.289. The summed E-state index contributed by atoms with van der Waals surface area (Å²) in [5.41, 5.74) is 1.65. The Morgan fingerprint density at radius 1 is 1.43 bits per heavy atom. The van der Waals surface area contributed by atoms with Gasteiger partial charge < -0.3 is 4.90 Å².